The van der Waals surface area contributed by atoms with E-state index in [2.05, 4.69) is 15.3 Å². The third kappa shape index (κ3) is 9.18. The Morgan fingerprint density at radius 1 is 1.33 bits per heavy atom. The van der Waals surface area contributed by atoms with Gasteiger partial charge in [0.2, 0.25) is 5.91 Å². The minimum Gasteiger partial charge on any atom is -0.399 e. The molecule has 0 bridgehead atoms. The average molecular weight is 288 g/mol. The number of amides is 1. The molecule has 5 nitrogen and oxygen atoms in total. The van der Waals surface area contributed by atoms with Crippen molar-refractivity contribution in [3.05, 3.63) is 60.3 Å². The number of rotatable bonds is 9. The molecule has 0 spiro atoms. The molecule has 0 unspecified atom stereocenters. The van der Waals surface area contributed by atoms with Crippen molar-refractivity contribution in [3.8, 4) is 0 Å². The van der Waals surface area contributed by atoms with Crippen LogP contribution in [0.15, 0.2) is 59.9 Å². The van der Waals surface area contributed by atoms with Crippen molar-refractivity contribution < 1.29 is 14.4 Å². The summed E-state index contributed by atoms with van der Waals surface area (Å²) in [5.41, 5.74) is 1.15. The maximum Gasteiger partial charge on any atom is 0.247 e. The predicted octanol–water partition coefficient (Wildman–Crippen LogP) is 2.41. The summed E-state index contributed by atoms with van der Waals surface area (Å²) >= 11 is 0. The highest BCUT2D eigenvalue weighted by molar-refractivity contribution is 5.92. The first-order valence-electron chi connectivity index (χ1n) is 6.63. The molecule has 5 heteroatoms. The lowest BCUT2D eigenvalue weighted by Gasteiger charge is -2.01. The molecule has 1 rings (SSSR count). The van der Waals surface area contributed by atoms with Gasteiger partial charge >= 0.3 is 0 Å². The molecule has 21 heavy (non-hydrogen) atoms. The fourth-order valence-electron chi connectivity index (χ4n) is 1.41. The molecule has 0 heterocycles. The molecule has 0 aromatic heterocycles. The SMILES string of the molecule is CO/N=C/C=C\C(=O)N/C=C/CCOCc1ccccc1. The molecule has 1 N–H and O–H groups in total. The molecule has 0 aliphatic rings. The van der Waals surface area contributed by atoms with E-state index in [0.717, 1.165) is 12.0 Å². The molecular weight excluding hydrogens is 268 g/mol. The molecule has 0 aliphatic heterocycles. The molecule has 0 aliphatic carbocycles. The summed E-state index contributed by atoms with van der Waals surface area (Å²) in [6.45, 7) is 1.21. The van der Waals surface area contributed by atoms with E-state index in [0.29, 0.717) is 13.2 Å². The van der Waals surface area contributed by atoms with Gasteiger partial charge < -0.3 is 14.9 Å². The number of carbonyl (C=O) groups is 1. The Morgan fingerprint density at radius 2 is 2.14 bits per heavy atom. The van der Waals surface area contributed by atoms with E-state index in [4.69, 9.17) is 4.74 Å². The average Bonchev–Trinajstić information content (AvgIpc) is 2.51. The van der Waals surface area contributed by atoms with Gasteiger partial charge in [0, 0.05) is 12.3 Å². The smallest absolute Gasteiger partial charge is 0.247 e. The number of carbonyl (C=O) groups excluding carboxylic acids is 1. The monoisotopic (exact) mass is 288 g/mol. The predicted molar refractivity (Wildman–Crippen MR) is 82.6 cm³/mol. The van der Waals surface area contributed by atoms with Gasteiger partial charge in [0.05, 0.1) is 19.4 Å². The lowest BCUT2D eigenvalue weighted by molar-refractivity contribution is -0.115. The number of hydrogen-bond donors (Lipinski definition) is 1. The Labute approximate surface area is 124 Å². The van der Waals surface area contributed by atoms with Gasteiger partial charge in [-0.3, -0.25) is 4.79 Å². The van der Waals surface area contributed by atoms with Crippen molar-refractivity contribution in [2.75, 3.05) is 13.7 Å². The van der Waals surface area contributed by atoms with Gasteiger partial charge in [-0.25, -0.2) is 0 Å². The maximum atomic E-state index is 11.3. The third-order valence-corrected chi connectivity index (χ3v) is 2.38. The number of ether oxygens (including phenoxy) is 1. The van der Waals surface area contributed by atoms with Crippen LogP contribution >= 0.6 is 0 Å². The first-order valence-corrected chi connectivity index (χ1v) is 6.63. The summed E-state index contributed by atoms with van der Waals surface area (Å²) in [5.74, 6) is -0.223. The van der Waals surface area contributed by atoms with Crippen LogP contribution in [0.5, 0.6) is 0 Å². The van der Waals surface area contributed by atoms with Crippen LogP contribution in [0.1, 0.15) is 12.0 Å². The zero-order chi connectivity index (χ0) is 15.2. The van der Waals surface area contributed by atoms with Crippen LogP contribution in [0.3, 0.4) is 0 Å². The van der Waals surface area contributed by atoms with E-state index < -0.39 is 0 Å². The normalized spacial score (nSPS) is 11.5. The largest absolute Gasteiger partial charge is 0.399 e. The molecule has 112 valence electrons. The summed E-state index contributed by atoms with van der Waals surface area (Å²) in [7, 11) is 1.44. The van der Waals surface area contributed by atoms with E-state index in [-0.39, 0.29) is 5.91 Å². The second kappa shape index (κ2) is 11.4. The van der Waals surface area contributed by atoms with Crippen molar-refractivity contribution in [2.45, 2.75) is 13.0 Å². The summed E-state index contributed by atoms with van der Waals surface area (Å²) in [6.07, 6.45) is 8.43. The molecule has 0 fully saturated rings. The molecule has 0 saturated carbocycles. The number of hydrogen-bond acceptors (Lipinski definition) is 4. The Kier molecular flexibility index (Phi) is 9.06. The van der Waals surface area contributed by atoms with Crippen LogP contribution in [0, 0.1) is 0 Å². The summed E-state index contributed by atoms with van der Waals surface area (Å²) < 4.78 is 5.51. The van der Waals surface area contributed by atoms with Gasteiger partial charge in [-0.2, -0.15) is 0 Å². The van der Waals surface area contributed by atoms with E-state index in [9.17, 15) is 4.79 Å². The molecule has 0 radical (unpaired) electrons. The number of nitrogens with zero attached hydrogens (tertiary/aromatic N) is 1. The number of allylic oxidation sites excluding steroid dienone is 1. The van der Waals surface area contributed by atoms with Crippen LogP contribution < -0.4 is 5.32 Å². The van der Waals surface area contributed by atoms with Gasteiger partial charge in [0.15, 0.2) is 0 Å². The third-order valence-electron chi connectivity index (χ3n) is 2.38. The molecule has 1 aromatic rings. The van der Waals surface area contributed by atoms with Gasteiger partial charge in [-0.1, -0.05) is 41.6 Å². The lowest BCUT2D eigenvalue weighted by Crippen LogP contribution is -2.13. The zero-order valence-electron chi connectivity index (χ0n) is 12.1. The van der Waals surface area contributed by atoms with Gasteiger partial charge in [0.1, 0.15) is 7.11 Å². The van der Waals surface area contributed by atoms with Gasteiger partial charge in [-0.15, -0.1) is 0 Å². The second-order valence-corrected chi connectivity index (χ2v) is 4.03. The van der Waals surface area contributed by atoms with E-state index in [1.165, 1.54) is 25.5 Å². The maximum absolute atomic E-state index is 11.3. The highest BCUT2D eigenvalue weighted by atomic mass is 16.6. The fraction of sp³-hybridized carbons (Fsp3) is 0.250. The van der Waals surface area contributed by atoms with E-state index >= 15 is 0 Å². The Bertz CT molecular complexity index is 482. The minimum absolute atomic E-state index is 0.223. The lowest BCUT2D eigenvalue weighted by atomic mass is 10.2. The van der Waals surface area contributed by atoms with Crippen molar-refractivity contribution in [3.63, 3.8) is 0 Å². The van der Waals surface area contributed by atoms with Crippen LogP contribution in [0.25, 0.3) is 0 Å². The highest BCUT2D eigenvalue weighted by Gasteiger charge is 1.91. The molecule has 0 atom stereocenters. The van der Waals surface area contributed by atoms with E-state index in [1.54, 1.807) is 6.20 Å². The first kappa shape index (κ1) is 16.7. The molecule has 1 aromatic carbocycles. The summed E-state index contributed by atoms with van der Waals surface area (Å²) in [6, 6.07) is 9.99. The van der Waals surface area contributed by atoms with Gasteiger partial charge in [0.25, 0.3) is 0 Å². The quantitative estimate of drug-likeness (QED) is 0.328. The van der Waals surface area contributed by atoms with Crippen molar-refractivity contribution >= 4 is 12.1 Å². The van der Waals surface area contributed by atoms with Crippen molar-refractivity contribution in [1.82, 2.24) is 5.32 Å². The molecule has 0 saturated heterocycles. The number of nitrogens with one attached hydrogen (secondary N) is 1. The Balaban J connectivity index is 2.06. The highest BCUT2D eigenvalue weighted by Crippen LogP contribution is 2.00. The standard InChI is InChI=1S/C16H20N2O3/c1-20-18-12-7-10-16(19)17-11-5-6-13-21-14-15-8-3-2-4-9-15/h2-5,7-12H,6,13-14H2,1H3,(H,17,19)/b10-7-,11-5+,18-12+. The van der Waals surface area contributed by atoms with Crippen LogP contribution in [-0.4, -0.2) is 25.8 Å². The van der Waals surface area contributed by atoms with Crippen LogP contribution in [-0.2, 0) is 21.0 Å². The molecular formula is C16H20N2O3. The summed E-state index contributed by atoms with van der Waals surface area (Å²) in [4.78, 5) is 15.7. The van der Waals surface area contributed by atoms with Gasteiger partial charge in [-0.05, 0) is 18.1 Å². The molecule has 1 amide bonds. The fourth-order valence-corrected chi connectivity index (χ4v) is 1.41. The topological polar surface area (TPSA) is 59.9 Å². The van der Waals surface area contributed by atoms with Crippen LogP contribution in [0.2, 0.25) is 0 Å². The van der Waals surface area contributed by atoms with Crippen LogP contribution in [0.4, 0.5) is 0 Å². The first-order chi connectivity index (χ1) is 10.3. The number of benzene rings is 1. The van der Waals surface area contributed by atoms with E-state index in [1.807, 2.05) is 36.4 Å². The zero-order valence-corrected chi connectivity index (χ0v) is 12.1. The second-order valence-electron chi connectivity index (χ2n) is 4.03. The summed E-state index contributed by atoms with van der Waals surface area (Å²) in [5, 5.41) is 6.08. The minimum atomic E-state index is -0.223. The van der Waals surface area contributed by atoms with Crippen molar-refractivity contribution in [1.29, 1.82) is 0 Å². The number of oxime groups is 1. The Morgan fingerprint density at radius 3 is 2.90 bits per heavy atom. The Hall–Kier alpha value is -2.40. The van der Waals surface area contributed by atoms with Crippen molar-refractivity contribution in [2.24, 2.45) is 5.16 Å².